The molecule has 1 unspecified atom stereocenters. The topological polar surface area (TPSA) is 112 Å². The molecule has 1 saturated heterocycles. The molecule has 1 fully saturated rings. The van der Waals surface area contributed by atoms with Crippen LogP contribution in [-0.4, -0.2) is 71.7 Å². The number of aromatic amines is 1. The predicted molar refractivity (Wildman–Crippen MR) is 120 cm³/mol. The molecule has 0 bridgehead atoms. The Balaban J connectivity index is 1.49. The van der Waals surface area contributed by atoms with Gasteiger partial charge in [0.15, 0.2) is 11.5 Å². The number of piperidine rings is 1. The van der Waals surface area contributed by atoms with Crippen LogP contribution in [0.4, 0.5) is 0 Å². The van der Waals surface area contributed by atoms with Crippen LogP contribution in [-0.2, 0) is 0 Å². The molecule has 0 spiro atoms. The summed E-state index contributed by atoms with van der Waals surface area (Å²) in [5.74, 6) is 1.85. The van der Waals surface area contributed by atoms with Crippen molar-refractivity contribution in [2.75, 3.05) is 34.4 Å². The van der Waals surface area contributed by atoms with Crippen molar-refractivity contribution in [3.05, 3.63) is 41.7 Å². The molecule has 0 aliphatic carbocycles. The highest BCUT2D eigenvalue weighted by atomic mass is 16.5. The van der Waals surface area contributed by atoms with E-state index >= 15 is 0 Å². The van der Waals surface area contributed by atoms with E-state index in [1.807, 2.05) is 13.0 Å². The van der Waals surface area contributed by atoms with E-state index in [4.69, 9.17) is 18.9 Å². The van der Waals surface area contributed by atoms with Crippen LogP contribution in [0.3, 0.4) is 0 Å². The molecule has 174 valence electrons. The number of aryl methyl sites for hydroxylation is 1. The van der Waals surface area contributed by atoms with Crippen LogP contribution >= 0.6 is 0 Å². The Morgan fingerprint density at radius 2 is 1.82 bits per heavy atom. The molecule has 1 aromatic carbocycles. The highest BCUT2D eigenvalue weighted by Crippen LogP contribution is 2.40. The third-order valence-electron chi connectivity index (χ3n) is 5.49. The lowest BCUT2D eigenvalue weighted by Crippen LogP contribution is -2.44. The second kappa shape index (κ2) is 9.76. The zero-order chi connectivity index (χ0) is 23.4. The Labute approximate surface area is 191 Å². The van der Waals surface area contributed by atoms with Gasteiger partial charge in [-0.2, -0.15) is 10.2 Å². The van der Waals surface area contributed by atoms with Crippen LogP contribution in [0.15, 0.2) is 30.3 Å². The molecule has 4 rings (SSSR count). The van der Waals surface area contributed by atoms with E-state index < -0.39 is 0 Å². The first-order chi connectivity index (χ1) is 16.0. The Morgan fingerprint density at radius 1 is 1.06 bits per heavy atom. The summed E-state index contributed by atoms with van der Waals surface area (Å²) in [6, 6.07) is 8.95. The van der Waals surface area contributed by atoms with Gasteiger partial charge in [-0.1, -0.05) is 0 Å². The van der Waals surface area contributed by atoms with Crippen molar-refractivity contribution in [3.63, 3.8) is 0 Å². The van der Waals surface area contributed by atoms with Crippen LogP contribution in [0.25, 0.3) is 11.3 Å². The second-order valence-corrected chi connectivity index (χ2v) is 7.73. The molecule has 1 aliphatic heterocycles. The normalized spacial score (nSPS) is 15.8. The number of H-pyrrole nitrogens is 1. The number of nitrogens with one attached hydrogen (secondary N) is 1. The third kappa shape index (κ3) is 4.84. The summed E-state index contributed by atoms with van der Waals surface area (Å²) in [6.45, 7) is 2.98. The highest BCUT2D eigenvalue weighted by molar-refractivity contribution is 5.93. The Hall–Kier alpha value is -3.82. The molecule has 3 aromatic rings. The molecular weight excluding hydrogens is 426 g/mol. The molecule has 1 atom stereocenters. The molecule has 10 nitrogen and oxygen atoms in total. The number of carbonyl (C=O) groups excluding carboxylic acids is 1. The second-order valence-electron chi connectivity index (χ2n) is 7.73. The van der Waals surface area contributed by atoms with Crippen molar-refractivity contribution in [1.82, 2.24) is 25.3 Å². The average Bonchev–Trinajstić information content (AvgIpc) is 3.34. The van der Waals surface area contributed by atoms with Gasteiger partial charge in [0.05, 0.1) is 39.3 Å². The summed E-state index contributed by atoms with van der Waals surface area (Å²) in [7, 11) is 4.65. The van der Waals surface area contributed by atoms with Crippen molar-refractivity contribution < 1.29 is 23.7 Å². The fourth-order valence-electron chi connectivity index (χ4n) is 3.82. The van der Waals surface area contributed by atoms with E-state index in [-0.39, 0.29) is 12.0 Å². The van der Waals surface area contributed by atoms with Crippen LogP contribution in [0.5, 0.6) is 23.1 Å². The minimum absolute atomic E-state index is 0.135. The van der Waals surface area contributed by atoms with Gasteiger partial charge in [0.25, 0.3) is 5.91 Å². The molecule has 2 aromatic heterocycles. The van der Waals surface area contributed by atoms with Crippen LogP contribution in [0, 0.1) is 6.92 Å². The third-order valence-corrected chi connectivity index (χ3v) is 5.49. The number of rotatable bonds is 7. The maximum absolute atomic E-state index is 13.1. The fraction of sp³-hybridized carbons (Fsp3) is 0.391. The summed E-state index contributed by atoms with van der Waals surface area (Å²) >= 11 is 0. The van der Waals surface area contributed by atoms with Crippen LogP contribution in [0.2, 0.25) is 0 Å². The van der Waals surface area contributed by atoms with Gasteiger partial charge in [-0.25, -0.2) is 0 Å². The highest BCUT2D eigenvalue weighted by Gasteiger charge is 2.27. The standard InChI is InChI=1S/C23H27N5O5/c1-14-7-8-21(27-24-14)33-16-6-5-9-28(13-16)23(29)18-12-17(25-26-18)15-10-19(30-2)22(32-4)20(11-15)31-3/h7-8,10-12,16H,5-6,9,13H2,1-4H3,(H,25,26). The van der Waals surface area contributed by atoms with Gasteiger partial charge in [-0.05, 0) is 44.0 Å². The van der Waals surface area contributed by atoms with Gasteiger partial charge in [0.2, 0.25) is 11.6 Å². The zero-order valence-corrected chi connectivity index (χ0v) is 19.1. The molecule has 33 heavy (non-hydrogen) atoms. The van der Waals surface area contributed by atoms with Crippen LogP contribution in [0.1, 0.15) is 29.0 Å². The first kappa shape index (κ1) is 22.4. The predicted octanol–water partition coefficient (Wildman–Crippen LogP) is 2.88. The Kier molecular flexibility index (Phi) is 6.62. The molecule has 10 heteroatoms. The van der Waals surface area contributed by atoms with Gasteiger partial charge in [0, 0.05) is 18.2 Å². The number of aromatic nitrogens is 4. The number of methoxy groups -OCH3 is 3. The number of hydrogen-bond donors (Lipinski definition) is 1. The molecule has 1 N–H and O–H groups in total. The van der Waals surface area contributed by atoms with Gasteiger partial charge >= 0.3 is 0 Å². The van der Waals surface area contributed by atoms with Crippen molar-refractivity contribution in [3.8, 4) is 34.4 Å². The maximum Gasteiger partial charge on any atom is 0.272 e. The number of benzene rings is 1. The van der Waals surface area contributed by atoms with E-state index in [0.29, 0.717) is 47.6 Å². The number of ether oxygens (including phenoxy) is 4. The van der Waals surface area contributed by atoms with E-state index in [9.17, 15) is 4.79 Å². The molecule has 0 radical (unpaired) electrons. The Bertz CT molecular complexity index is 1090. The summed E-state index contributed by atoms with van der Waals surface area (Å²) in [5, 5.41) is 15.3. The summed E-state index contributed by atoms with van der Waals surface area (Å²) < 4.78 is 22.1. The van der Waals surface area contributed by atoms with Crippen LogP contribution < -0.4 is 18.9 Å². The van der Waals surface area contributed by atoms with E-state index in [1.54, 1.807) is 50.5 Å². The first-order valence-electron chi connectivity index (χ1n) is 10.6. The minimum atomic E-state index is -0.141. The molecule has 0 saturated carbocycles. The summed E-state index contributed by atoms with van der Waals surface area (Å²) in [4.78, 5) is 14.9. The molecule has 1 aliphatic rings. The van der Waals surface area contributed by atoms with E-state index in [0.717, 1.165) is 24.1 Å². The number of carbonyl (C=O) groups is 1. The minimum Gasteiger partial charge on any atom is -0.493 e. The SMILES string of the molecule is COc1cc(-c2cc(C(=O)N3CCCC(Oc4ccc(C)nn4)C3)[nH]n2)cc(OC)c1OC. The van der Waals surface area contributed by atoms with Gasteiger partial charge in [-0.15, -0.1) is 5.10 Å². The quantitative estimate of drug-likeness (QED) is 0.581. The number of likely N-dealkylation sites (tertiary alicyclic amines) is 1. The number of amides is 1. The largest absolute Gasteiger partial charge is 0.493 e. The Morgan fingerprint density at radius 3 is 2.45 bits per heavy atom. The lowest BCUT2D eigenvalue weighted by atomic mass is 10.1. The summed E-state index contributed by atoms with van der Waals surface area (Å²) in [5.41, 5.74) is 2.55. The molecule has 3 heterocycles. The molecular formula is C23H27N5O5. The average molecular weight is 453 g/mol. The van der Waals surface area contributed by atoms with Crippen molar-refractivity contribution in [2.45, 2.75) is 25.9 Å². The van der Waals surface area contributed by atoms with E-state index in [1.165, 1.54) is 0 Å². The number of hydrogen-bond acceptors (Lipinski definition) is 8. The lowest BCUT2D eigenvalue weighted by molar-refractivity contribution is 0.0520. The smallest absolute Gasteiger partial charge is 0.272 e. The monoisotopic (exact) mass is 453 g/mol. The first-order valence-corrected chi connectivity index (χ1v) is 10.6. The lowest BCUT2D eigenvalue weighted by Gasteiger charge is -2.32. The maximum atomic E-state index is 13.1. The fourth-order valence-corrected chi connectivity index (χ4v) is 3.82. The van der Waals surface area contributed by atoms with E-state index in [2.05, 4.69) is 20.4 Å². The van der Waals surface area contributed by atoms with Crippen molar-refractivity contribution >= 4 is 5.91 Å². The number of nitrogens with zero attached hydrogens (tertiary/aromatic N) is 4. The van der Waals surface area contributed by atoms with Gasteiger partial charge in [-0.3, -0.25) is 9.89 Å². The summed E-state index contributed by atoms with van der Waals surface area (Å²) in [6.07, 6.45) is 1.54. The van der Waals surface area contributed by atoms with Gasteiger partial charge < -0.3 is 23.8 Å². The zero-order valence-electron chi connectivity index (χ0n) is 19.1. The van der Waals surface area contributed by atoms with Crippen molar-refractivity contribution in [2.24, 2.45) is 0 Å². The van der Waals surface area contributed by atoms with Gasteiger partial charge in [0.1, 0.15) is 11.8 Å². The van der Waals surface area contributed by atoms with Crippen molar-refractivity contribution in [1.29, 1.82) is 0 Å². The molecule has 1 amide bonds.